The highest BCUT2D eigenvalue weighted by molar-refractivity contribution is 5.94. The molecule has 0 aliphatic rings. The molecule has 0 radical (unpaired) electrons. The number of benzene rings is 1. The number of ether oxygens (including phenoxy) is 1. The summed E-state index contributed by atoms with van der Waals surface area (Å²) in [5, 5.41) is 4.96. The molecule has 4 heterocycles. The molecule has 0 saturated carbocycles. The molecule has 5 aromatic rings. The van der Waals surface area contributed by atoms with Crippen LogP contribution in [0.5, 0.6) is 5.75 Å². The van der Waals surface area contributed by atoms with Crippen molar-refractivity contribution < 1.29 is 4.74 Å². The average molecular weight is 398 g/mol. The Bertz CT molecular complexity index is 1440. The molecule has 8 heteroatoms. The summed E-state index contributed by atoms with van der Waals surface area (Å²) in [6.07, 6.45) is 5.20. The minimum atomic E-state index is -0.167. The molecule has 8 nitrogen and oxygen atoms in total. The summed E-state index contributed by atoms with van der Waals surface area (Å²) in [5.74, 6) is 1.65. The zero-order chi connectivity index (χ0) is 20.7. The SMILES string of the molecule is COc1ccccc1-c1c2c(=O)n(Cc3cccnc3)ccc2nc2nc(C)nn12. The van der Waals surface area contributed by atoms with Crippen LogP contribution >= 0.6 is 0 Å². The van der Waals surface area contributed by atoms with Gasteiger partial charge in [-0.15, -0.1) is 5.10 Å². The van der Waals surface area contributed by atoms with E-state index in [0.717, 1.165) is 11.1 Å². The van der Waals surface area contributed by atoms with Gasteiger partial charge in [0, 0.05) is 24.2 Å². The van der Waals surface area contributed by atoms with E-state index in [9.17, 15) is 4.79 Å². The van der Waals surface area contributed by atoms with Gasteiger partial charge in [-0.2, -0.15) is 9.50 Å². The number of hydrogen-bond acceptors (Lipinski definition) is 6. The van der Waals surface area contributed by atoms with Gasteiger partial charge < -0.3 is 9.30 Å². The first kappa shape index (κ1) is 18.0. The summed E-state index contributed by atoms with van der Waals surface area (Å²) in [6.45, 7) is 2.20. The van der Waals surface area contributed by atoms with Crippen molar-refractivity contribution >= 4 is 16.7 Å². The van der Waals surface area contributed by atoms with Gasteiger partial charge in [-0.1, -0.05) is 18.2 Å². The third kappa shape index (κ3) is 2.89. The molecule has 5 rings (SSSR count). The van der Waals surface area contributed by atoms with Gasteiger partial charge in [0.25, 0.3) is 11.3 Å². The van der Waals surface area contributed by atoms with Crippen molar-refractivity contribution in [2.45, 2.75) is 13.5 Å². The topological polar surface area (TPSA) is 87.2 Å². The lowest BCUT2D eigenvalue weighted by Gasteiger charge is -2.13. The van der Waals surface area contributed by atoms with Crippen LogP contribution in [-0.4, -0.2) is 36.2 Å². The summed E-state index contributed by atoms with van der Waals surface area (Å²) in [7, 11) is 1.60. The van der Waals surface area contributed by atoms with Crippen molar-refractivity contribution in [3.8, 4) is 17.0 Å². The van der Waals surface area contributed by atoms with Crippen molar-refractivity contribution in [1.29, 1.82) is 0 Å². The van der Waals surface area contributed by atoms with E-state index < -0.39 is 0 Å². The molecule has 0 aliphatic heterocycles. The maximum atomic E-state index is 13.6. The quantitative estimate of drug-likeness (QED) is 0.463. The van der Waals surface area contributed by atoms with E-state index in [4.69, 9.17) is 4.74 Å². The number of rotatable bonds is 4. The maximum Gasteiger partial charge on any atom is 0.262 e. The highest BCUT2D eigenvalue weighted by atomic mass is 16.5. The van der Waals surface area contributed by atoms with Crippen LogP contribution < -0.4 is 10.3 Å². The summed E-state index contributed by atoms with van der Waals surface area (Å²) in [4.78, 5) is 26.7. The summed E-state index contributed by atoms with van der Waals surface area (Å²) < 4.78 is 8.84. The number of pyridine rings is 2. The van der Waals surface area contributed by atoms with Crippen LogP contribution in [0, 0.1) is 6.92 Å². The van der Waals surface area contributed by atoms with Crippen molar-refractivity contribution in [1.82, 2.24) is 29.1 Å². The molecule has 0 amide bonds. The minimum Gasteiger partial charge on any atom is -0.496 e. The van der Waals surface area contributed by atoms with Crippen LogP contribution in [0.1, 0.15) is 11.4 Å². The summed E-state index contributed by atoms with van der Waals surface area (Å²) >= 11 is 0. The molecular weight excluding hydrogens is 380 g/mol. The van der Waals surface area contributed by atoms with Gasteiger partial charge in [-0.05, 0) is 36.8 Å². The molecule has 0 N–H and O–H groups in total. The monoisotopic (exact) mass is 398 g/mol. The number of hydrogen-bond donors (Lipinski definition) is 0. The first-order valence-electron chi connectivity index (χ1n) is 9.44. The third-order valence-corrected chi connectivity index (χ3v) is 4.95. The fraction of sp³-hybridized carbons (Fsp3) is 0.136. The van der Waals surface area contributed by atoms with Gasteiger partial charge in [-0.25, -0.2) is 4.98 Å². The van der Waals surface area contributed by atoms with Crippen LogP contribution in [0.4, 0.5) is 0 Å². The lowest BCUT2D eigenvalue weighted by molar-refractivity contribution is 0.416. The number of aromatic nitrogens is 6. The molecule has 0 spiro atoms. The van der Waals surface area contributed by atoms with Crippen molar-refractivity contribution in [3.63, 3.8) is 0 Å². The Hall–Kier alpha value is -4.07. The summed E-state index contributed by atoms with van der Waals surface area (Å²) in [5.41, 5.74) is 2.68. The lowest BCUT2D eigenvalue weighted by Crippen LogP contribution is -2.22. The largest absolute Gasteiger partial charge is 0.496 e. The Balaban J connectivity index is 1.86. The third-order valence-electron chi connectivity index (χ3n) is 4.95. The molecule has 0 saturated heterocycles. The fourth-order valence-corrected chi connectivity index (χ4v) is 3.62. The molecule has 4 aromatic heterocycles. The van der Waals surface area contributed by atoms with E-state index in [1.807, 2.05) is 42.5 Å². The van der Waals surface area contributed by atoms with Crippen LogP contribution in [0.2, 0.25) is 0 Å². The molecule has 0 atom stereocenters. The summed E-state index contributed by atoms with van der Waals surface area (Å²) in [6, 6.07) is 13.2. The van der Waals surface area contributed by atoms with Crippen molar-refractivity contribution in [3.05, 3.63) is 82.8 Å². The normalized spacial score (nSPS) is 11.3. The second kappa shape index (κ2) is 7.07. The molecule has 0 aliphatic carbocycles. The van der Waals surface area contributed by atoms with Crippen LogP contribution in [0.15, 0.2) is 65.8 Å². The second-order valence-corrected chi connectivity index (χ2v) is 6.90. The van der Waals surface area contributed by atoms with E-state index in [0.29, 0.717) is 40.5 Å². The van der Waals surface area contributed by atoms with Crippen molar-refractivity contribution in [2.75, 3.05) is 7.11 Å². The Labute approximate surface area is 171 Å². The van der Waals surface area contributed by atoms with E-state index in [-0.39, 0.29) is 5.56 Å². The fourth-order valence-electron chi connectivity index (χ4n) is 3.62. The highest BCUT2D eigenvalue weighted by Gasteiger charge is 2.20. The molecule has 0 unspecified atom stereocenters. The predicted octanol–water partition coefficient (Wildman–Crippen LogP) is 2.87. The molecule has 30 heavy (non-hydrogen) atoms. The van der Waals surface area contributed by atoms with E-state index in [1.54, 1.807) is 41.7 Å². The molecule has 0 bridgehead atoms. The first-order valence-corrected chi connectivity index (χ1v) is 9.44. The molecule has 1 aromatic carbocycles. The van der Waals surface area contributed by atoms with Crippen molar-refractivity contribution in [2.24, 2.45) is 0 Å². The van der Waals surface area contributed by atoms with E-state index in [2.05, 4.69) is 20.1 Å². The van der Waals surface area contributed by atoms with E-state index in [1.165, 1.54) is 0 Å². The maximum absolute atomic E-state index is 13.6. The standard InChI is InChI=1S/C22H18N6O2/c1-14-24-22-25-17-9-11-27(13-15-6-5-10-23-12-15)21(29)19(17)20(28(22)26-14)16-7-3-4-8-18(16)30-2/h3-12H,13H2,1-2H3. The first-order chi connectivity index (χ1) is 14.7. The zero-order valence-electron chi connectivity index (χ0n) is 16.5. The zero-order valence-corrected chi connectivity index (χ0v) is 16.5. The molecule has 0 fully saturated rings. The second-order valence-electron chi connectivity index (χ2n) is 6.90. The van der Waals surface area contributed by atoms with Gasteiger partial charge in [0.05, 0.1) is 30.3 Å². The minimum absolute atomic E-state index is 0.167. The number of methoxy groups -OCH3 is 1. The van der Waals surface area contributed by atoms with Gasteiger partial charge >= 0.3 is 0 Å². The molecule has 148 valence electrons. The smallest absolute Gasteiger partial charge is 0.262 e. The average Bonchev–Trinajstić information content (AvgIpc) is 3.14. The number of nitrogens with zero attached hydrogens (tertiary/aromatic N) is 6. The van der Waals surface area contributed by atoms with Gasteiger partial charge in [0.1, 0.15) is 11.6 Å². The number of para-hydroxylation sites is 1. The highest BCUT2D eigenvalue weighted by Crippen LogP contribution is 2.33. The number of fused-ring (bicyclic) bond motifs is 2. The molecular formula is C22H18N6O2. The lowest BCUT2D eigenvalue weighted by atomic mass is 10.1. The van der Waals surface area contributed by atoms with Crippen LogP contribution in [-0.2, 0) is 6.54 Å². The van der Waals surface area contributed by atoms with Gasteiger partial charge in [0.15, 0.2) is 0 Å². The number of aryl methyl sites for hydroxylation is 1. The Morgan fingerprint density at radius 3 is 2.73 bits per heavy atom. The van der Waals surface area contributed by atoms with E-state index >= 15 is 0 Å². The van der Waals surface area contributed by atoms with Crippen LogP contribution in [0.25, 0.3) is 27.9 Å². The Morgan fingerprint density at radius 1 is 1.07 bits per heavy atom. The van der Waals surface area contributed by atoms with Crippen LogP contribution in [0.3, 0.4) is 0 Å². The van der Waals surface area contributed by atoms with Gasteiger partial charge in [-0.3, -0.25) is 9.78 Å². The Morgan fingerprint density at radius 2 is 1.93 bits per heavy atom. The van der Waals surface area contributed by atoms with Gasteiger partial charge in [0.2, 0.25) is 0 Å². The predicted molar refractivity (Wildman–Crippen MR) is 113 cm³/mol. The Kier molecular flexibility index (Phi) is 4.24.